The van der Waals surface area contributed by atoms with Gasteiger partial charge in [-0.15, -0.1) is 10.2 Å². The maximum absolute atomic E-state index is 14.2. The van der Waals surface area contributed by atoms with Gasteiger partial charge in [0.15, 0.2) is 22.5 Å². The highest BCUT2D eigenvalue weighted by atomic mass is 32.2. The third-order valence-electron chi connectivity index (χ3n) is 4.36. The maximum atomic E-state index is 14.2. The van der Waals surface area contributed by atoms with Gasteiger partial charge < -0.3 is 9.84 Å². The molecule has 0 bridgehead atoms. The first-order chi connectivity index (χ1) is 13.6. The Hall–Kier alpha value is -2.45. The minimum Gasteiger partial charge on any atom is -0.488 e. The summed E-state index contributed by atoms with van der Waals surface area (Å²) in [4.78, 5) is 0. The molecule has 4 rings (SSSR count). The van der Waals surface area contributed by atoms with Gasteiger partial charge in [-0.2, -0.15) is 0 Å². The van der Waals surface area contributed by atoms with E-state index in [1.54, 1.807) is 30.3 Å². The molecule has 2 aromatic carbocycles. The van der Waals surface area contributed by atoms with Crippen molar-refractivity contribution in [3.05, 3.63) is 60.2 Å². The molecule has 1 saturated carbocycles. The fraction of sp³-hybridized carbons (Fsp3) is 0.300. The van der Waals surface area contributed by atoms with Crippen molar-refractivity contribution in [1.82, 2.24) is 14.8 Å². The van der Waals surface area contributed by atoms with Crippen LogP contribution >= 0.6 is 11.8 Å². The Bertz CT molecular complexity index is 962. The van der Waals surface area contributed by atoms with Gasteiger partial charge in [0.05, 0.1) is 11.7 Å². The molecular weight excluding hydrogens is 384 g/mol. The number of aliphatic hydroxyl groups is 1. The van der Waals surface area contributed by atoms with Crippen LogP contribution in [0.5, 0.6) is 5.75 Å². The Morgan fingerprint density at radius 3 is 2.50 bits per heavy atom. The quantitative estimate of drug-likeness (QED) is 0.574. The third kappa shape index (κ3) is 4.18. The minimum atomic E-state index is -0.814. The first-order valence-corrected chi connectivity index (χ1v) is 10.00. The summed E-state index contributed by atoms with van der Waals surface area (Å²) in [5.41, 5.74) is 0.414. The van der Waals surface area contributed by atoms with Gasteiger partial charge in [0, 0.05) is 11.8 Å². The van der Waals surface area contributed by atoms with E-state index in [2.05, 4.69) is 10.2 Å². The molecule has 146 valence electrons. The summed E-state index contributed by atoms with van der Waals surface area (Å²) >= 11 is 1.33. The van der Waals surface area contributed by atoms with Crippen molar-refractivity contribution in [1.29, 1.82) is 0 Å². The van der Waals surface area contributed by atoms with Crippen LogP contribution in [0.1, 0.15) is 18.9 Å². The largest absolute Gasteiger partial charge is 0.488 e. The molecule has 5 nitrogen and oxygen atoms in total. The number of nitrogens with zero attached hydrogens (tertiary/aromatic N) is 3. The number of hydrogen-bond donors (Lipinski definition) is 1. The summed E-state index contributed by atoms with van der Waals surface area (Å²) in [5, 5.41) is 19.2. The smallest absolute Gasteiger partial charge is 0.191 e. The first kappa shape index (κ1) is 18.9. The van der Waals surface area contributed by atoms with E-state index in [4.69, 9.17) is 4.74 Å². The zero-order valence-corrected chi connectivity index (χ0v) is 15.8. The van der Waals surface area contributed by atoms with Crippen LogP contribution in [-0.4, -0.2) is 38.3 Å². The standard InChI is InChI=1S/C20H19F2N3O2S/c21-16-6-2-1-5-15(16)19-23-24-20(25(19)13-9-10-13)28-12-14(26)11-27-18-8-4-3-7-17(18)22/h1-8,13-14,26H,9-12H2/t14-/m0/s1. The highest BCUT2D eigenvalue weighted by Crippen LogP contribution is 2.41. The number of hydrogen-bond acceptors (Lipinski definition) is 5. The highest BCUT2D eigenvalue weighted by molar-refractivity contribution is 7.99. The average Bonchev–Trinajstić information content (AvgIpc) is 3.45. The molecule has 0 unspecified atom stereocenters. The number of rotatable bonds is 8. The average molecular weight is 403 g/mol. The van der Waals surface area contributed by atoms with Crippen LogP contribution in [0.2, 0.25) is 0 Å². The van der Waals surface area contributed by atoms with E-state index in [9.17, 15) is 13.9 Å². The minimum absolute atomic E-state index is 0.0360. The highest BCUT2D eigenvalue weighted by Gasteiger charge is 2.31. The van der Waals surface area contributed by atoms with E-state index in [0.717, 1.165) is 12.8 Å². The second-order valence-electron chi connectivity index (χ2n) is 6.59. The van der Waals surface area contributed by atoms with Gasteiger partial charge in [0.1, 0.15) is 12.4 Å². The van der Waals surface area contributed by atoms with Crippen LogP contribution in [0.25, 0.3) is 11.4 Å². The number of benzene rings is 2. The topological polar surface area (TPSA) is 60.2 Å². The molecule has 1 N–H and O–H groups in total. The van der Waals surface area contributed by atoms with Gasteiger partial charge >= 0.3 is 0 Å². The molecule has 0 aliphatic heterocycles. The first-order valence-electron chi connectivity index (χ1n) is 9.01. The molecule has 0 spiro atoms. The van der Waals surface area contributed by atoms with E-state index >= 15 is 0 Å². The molecule has 1 aliphatic rings. The van der Waals surface area contributed by atoms with Gasteiger partial charge in [-0.3, -0.25) is 4.57 Å². The van der Waals surface area contributed by atoms with Crippen molar-refractivity contribution >= 4 is 11.8 Å². The van der Waals surface area contributed by atoms with Gasteiger partial charge in [0.2, 0.25) is 0 Å². The molecule has 28 heavy (non-hydrogen) atoms. The molecule has 0 saturated heterocycles. The summed E-state index contributed by atoms with van der Waals surface area (Å²) in [6.07, 6.45) is 1.17. The van der Waals surface area contributed by atoms with Crippen LogP contribution in [0.15, 0.2) is 53.7 Å². The second kappa shape index (κ2) is 8.28. The van der Waals surface area contributed by atoms with E-state index in [1.807, 2.05) is 4.57 Å². The molecule has 0 amide bonds. The molecular formula is C20H19F2N3O2S. The van der Waals surface area contributed by atoms with Crippen LogP contribution in [0.3, 0.4) is 0 Å². The van der Waals surface area contributed by atoms with Crippen LogP contribution < -0.4 is 4.74 Å². The van der Waals surface area contributed by atoms with Gasteiger partial charge in [-0.05, 0) is 37.1 Å². The number of aliphatic hydroxyl groups excluding tert-OH is 1. The zero-order valence-electron chi connectivity index (χ0n) is 15.0. The van der Waals surface area contributed by atoms with Crippen molar-refractivity contribution < 1.29 is 18.6 Å². The fourth-order valence-corrected chi connectivity index (χ4v) is 3.74. The lowest BCUT2D eigenvalue weighted by molar-refractivity contribution is 0.123. The third-order valence-corrected chi connectivity index (χ3v) is 5.45. The number of para-hydroxylation sites is 1. The molecule has 3 aromatic rings. The summed E-state index contributed by atoms with van der Waals surface area (Å²) in [6, 6.07) is 12.8. The lowest BCUT2D eigenvalue weighted by Gasteiger charge is -2.13. The Balaban J connectivity index is 1.42. The van der Waals surface area contributed by atoms with Crippen molar-refractivity contribution in [3.63, 3.8) is 0 Å². The predicted octanol–water partition coefficient (Wildman–Crippen LogP) is 4.09. The van der Waals surface area contributed by atoms with Crippen molar-refractivity contribution in [2.45, 2.75) is 30.1 Å². The van der Waals surface area contributed by atoms with Gasteiger partial charge in [-0.1, -0.05) is 36.0 Å². The summed E-state index contributed by atoms with van der Waals surface area (Å²) in [6.45, 7) is -0.0360. The van der Waals surface area contributed by atoms with E-state index < -0.39 is 11.9 Å². The molecule has 1 fully saturated rings. The Kier molecular flexibility index (Phi) is 5.59. The Morgan fingerprint density at radius 2 is 1.79 bits per heavy atom. The summed E-state index contributed by atoms with van der Waals surface area (Å²) < 4.78 is 35.0. The van der Waals surface area contributed by atoms with Crippen molar-refractivity contribution in [2.75, 3.05) is 12.4 Å². The van der Waals surface area contributed by atoms with E-state index in [-0.39, 0.29) is 24.2 Å². The van der Waals surface area contributed by atoms with Crippen molar-refractivity contribution in [2.24, 2.45) is 0 Å². The Morgan fingerprint density at radius 1 is 1.07 bits per heavy atom. The predicted molar refractivity (Wildman–Crippen MR) is 102 cm³/mol. The Labute approximate surface area is 165 Å². The van der Waals surface area contributed by atoms with E-state index in [0.29, 0.717) is 22.3 Å². The molecule has 0 radical (unpaired) electrons. The molecule has 1 atom stereocenters. The normalized spacial score (nSPS) is 14.8. The SMILES string of the molecule is O[C@@H](COc1ccccc1F)CSc1nnc(-c2ccccc2F)n1C1CC1. The lowest BCUT2D eigenvalue weighted by Crippen LogP contribution is -2.20. The second-order valence-corrected chi connectivity index (χ2v) is 7.58. The monoisotopic (exact) mass is 403 g/mol. The zero-order chi connectivity index (χ0) is 19.5. The van der Waals surface area contributed by atoms with E-state index in [1.165, 1.54) is 30.0 Å². The number of thioether (sulfide) groups is 1. The lowest BCUT2D eigenvalue weighted by atomic mass is 10.2. The number of halogens is 2. The van der Waals surface area contributed by atoms with Crippen LogP contribution in [0, 0.1) is 11.6 Å². The van der Waals surface area contributed by atoms with Gasteiger partial charge in [0.25, 0.3) is 0 Å². The summed E-state index contributed by atoms with van der Waals surface area (Å²) in [5.74, 6) is 0.100. The maximum Gasteiger partial charge on any atom is 0.191 e. The van der Waals surface area contributed by atoms with Crippen LogP contribution in [-0.2, 0) is 0 Å². The van der Waals surface area contributed by atoms with Crippen molar-refractivity contribution in [3.8, 4) is 17.1 Å². The number of aromatic nitrogens is 3. The molecule has 8 heteroatoms. The number of ether oxygens (including phenoxy) is 1. The molecule has 1 aliphatic carbocycles. The van der Waals surface area contributed by atoms with Crippen LogP contribution in [0.4, 0.5) is 8.78 Å². The molecule has 1 heterocycles. The fourth-order valence-electron chi connectivity index (χ4n) is 2.83. The van der Waals surface area contributed by atoms with Gasteiger partial charge in [-0.25, -0.2) is 8.78 Å². The summed E-state index contributed by atoms with van der Waals surface area (Å²) in [7, 11) is 0. The molecule has 1 aromatic heterocycles.